The Kier molecular flexibility index (Phi) is 5.47. The molecule has 5 nitrogen and oxygen atoms in total. The molecule has 8 atom stereocenters. The summed E-state index contributed by atoms with van der Waals surface area (Å²) in [6.45, 7) is 4.25. The maximum absolute atomic E-state index is 12.8. The fraction of sp³-hybridized carbons (Fsp3) is 0.952. The fourth-order valence-electron chi connectivity index (χ4n) is 7.84. The average molecular weight is 431 g/mol. The molecular formula is C21H34O5S2. The second kappa shape index (κ2) is 7.24. The SMILES string of the molecule is C[C@@]1(O)CC[C@H]2[C@@H](CC[C@@H]3[C@@H]2CC[C@]2(C)[C@@H](C(=O)CSS(=O)(=O)O)CC[C@@H]32)C1. The van der Waals surface area contributed by atoms with Crippen LogP contribution in [0.25, 0.3) is 0 Å². The van der Waals surface area contributed by atoms with Crippen LogP contribution in [0.1, 0.15) is 71.6 Å². The monoisotopic (exact) mass is 430 g/mol. The van der Waals surface area contributed by atoms with Gasteiger partial charge >= 0.3 is 9.15 Å². The number of rotatable bonds is 4. The van der Waals surface area contributed by atoms with Crippen molar-refractivity contribution in [3.05, 3.63) is 0 Å². The highest BCUT2D eigenvalue weighted by atomic mass is 33.1. The summed E-state index contributed by atoms with van der Waals surface area (Å²) >= 11 is 0. The van der Waals surface area contributed by atoms with Gasteiger partial charge in [0.25, 0.3) is 0 Å². The molecule has 4 aliphatic rings. The number of hydrogen-bond acceptors (Lipinski definition) is 5. The molecule has 4 saturated carbocycles. The van der Waals surface area contributed by atoms with Crippen LogP contribution in [0.5, 0.6) is 0 Å². The number of carbonyl (C=O) groups excluding carboxylic acids is 1. The summed E-state index contributed by atoms with van der Waals surface area (Å²) in [4.78, 5) is 12.8. The molecule has 0 radical (unpaired) electrons. The Morgan fingerprint density at radius 2 is 1.71 bits per heavy atom. The van der Waals surface area contributed by atoms with Gasteiger partial charge in [-0.2, -0.15) is 8.42 Å². The summed E-state index contributed by atoms with van der Waals surface area (Å²) in [5.74, 6) is 3.13. The van der Waals surface area contributed by atoms with Crippen LogP contribution in [-0.2, 0) is 13.9 Å². The van der Waals surface area contributed by atoms with Crippen LogP contribution in [0.15, 0.2) is 0 Å². The number of hydrogen-bond donors (Lipinski definition) is 2. The van der Waals surface area contributed by atoms with Gasteiger partial charge in [-0.3, -0.25) is 9.35 Å². The smallest absolute Gasteiger partial charge is 0.320 e. The minimum absolute atomic E-state index is 0.00604. The predicted molar refractivity (Wildman–Crippen MR) is 110 cm³/mol. The summed E-state index contributed by atoms with van der Waals surface area (Å²) in [5.41, 5.74) is -0.516. The summed E-state index contributed by atoms with van der Waals surface area (Å²) in [6.07, 6.45) is 9.54. The molecule has 4 rings (SSSR count). The molecule has 0 amide bonds. The number of fused-ring (bicyclic) bond motifs is 5. The third-order valence-electron chi connectivity index (χ3n) is 8.98. The molecule has 0 aromatic heterocycles. The van der Waals surface area contributed by atoms with E-state index < -0.39 is 14.8 Å². The lowest BCUT2D eigenvalue weighted by Gasteiger charge is -2.56. The number of carbonyl (C=O) groups is 1. The zero-order valence-corrected chi connectivity index (χ0v) is 18.6. The van der Waals surface area contributed by atoms with Crippen molar-refractivity contribution >= 4 is 25.7 Å². The predicted octanol–water partition coefficient (Wildman–Crippen LogP) is 4.11. The second-order valence-corrected chi connectivity index (χ2v) is 13.9. The quantitative estimate of drug-likeness (QED) is 0.515. The molecule has 4 aliphatic carbocycles. The van der Waals surface area contributed by atoms with Crippen molar-refractivity contribution in [1.82, 2.24) is 0 Å². The van der Waals surface area contributed by atoms with Crippen LogP contribution in [0.4, 0.5) is 0 Å². The summed E-state index contributed by atoms with van der Waals surface area (Å²) in [7, 11) is -3.81. The van der Waals surface area contributed by atoms with E-state index in [0.717, 1.165) is 56.8 Å². The maximum atomic E-state index is 12.8. The van der Waals surface area contributed by atoms with Crippen molar-refractivity contribution in [3.8, 4) is 0 Å². The molecule has 28 heavy (non-hydrogen) atoms. The highest BCUT2D eigenvalue weighted by molar-refractivity contribution is 8.70. The average Bonchev–Trinajstić information content (AvgIpc) is 2.95. The van der Waals surface area contributed by atoms with E-state index in [1.165, 1.54) is 12.8 Å². The Labute approximate surface area is 172 Å². The van der Waals surface area contributed by atoms with Crippen molar-refractivity contribution in [2.24, 2.45) is 40.9 Å². The van der Waals surface area contributed by atoms with Gasteiger partial charge in [-0.15, -0.1) is 0 Å². The van der Waals surface area contributed by atoms with Crippen LogP contribution in [0.2, 0.25) is 0 Å². The molecule has 0 unspecified atom stereocenters. The third-order valence-corrected chi connectivity index (χ3v) is 10.9. The normalized spacial score (nSPS) is 48.4. The Morgan fingerprint density at radius 1 is 1.00 bits per heavy atom. The third kappa shape index (κ3) is 3.81. The molecule has 0 spiro atoms. The van der Waals surface area contributed by atoms with E-state index in [1.807, 2.05) is 6.92 Å². The van der Waals surface area contributed by atoms with E-state index in [4.69, 9.17) is 4.55 Å². The van der Waals surface area contributed by atoms with Crippen LogP contribution in [0.3, 0.4) is 0 Å². The van der Waals surface area contributed by atoms with Crippen molar-refractivity contribution in [1.29, 1.82) is 0 Å². The first-order valence-corrected chi connectivity index (χ1v) is 13.8. The van der Waals surface area contributed by atoms with E-state index >= 15 is 0 Å². The second-order valence-electron chi connectivity index (χ2n) is 10.5. The van der Waals surface area contributed by atoms with E-state index in [1.54, 1.807) is 0 Å². The Bertz CT molecular complexity index is 733. The molecule has 4 fully saturated rings. The Hall–Kier alpha value is -0.110. The topological polar surface area (TPSA) is 91.7 Å². The largest absolute Gasteiger partial charge is 0.390 e. The van der Waals surface area contributed by atoms with Gasteiger partial charge in [-0.25, -0.2) is 0 Å². The Morgan fingerprint density at radius 3 is 2.43 bits per heavy atom. The van der Waals surface area contributed by atoms with Gasteiger partial charge in [0.2, 0.25) is 0 Å². The van der Waals surface area contributed by atoms with Crippen molar-refractivity contribution in [2.75, 3.05) is 5.75 Å². The zero-order chi connectivity index (χ0) is 20.3. The molecule has 160 valence electrons. The van der Waals surface area contributed by atoms with Crippen LogP contribution in [0, 0.1) is 40.9 Å². The van der Waals surface area contributed by atoms with E-state index in [0.29, 0.717) is 28.5 Å². The number of ketones is 1. The molecule has 0 heterocycles. The molecule has 0 aromatic rings. The minimum atomic E-state index is -4.16. The molecule has 0 saturated heterocycles. The van der Waals surface area contributed by atoms with E-state index in [2.05, 4.69) is 6.92 Å². The molecule has 0 aromatic carbocycles. The number of aliphatic hydroxyl groups is 1. The van der Waals surface area contributed by atoms with Gasteiger partial charge in [-0.05, 0) is 99.7 Å². The van der Waals surface area contributed by atoms with Gasteiger partial charge in [0.05, 0.1) is 11.4 Å². The lowest BCUT2D eigenvalue weighted by molar-refractivity contribution is -0.129. The van der Waals surface area contributed by atoms with Crippen LogP contribution >= 0.6 is 10.8 Å². The molecule has 2 N–H and O–H groups in total. The Balaban J connectivity index is 1.47. The van der Waals surface area contributed by atoms with Crippen molar-refractivity contribution in [2.45, 2.75) is 77.2 Å². The van der Waals surface area contributed by atoms with Crippen LogP contribution < -0.4 is 0 Å². The highest BCUT2D eigenvalue weighted by Gasteiger charge is 2.58. The lowest BCUT2D eigenvalue weighted by Crippen LogP contribution is -2.51. The first kappa shape index (κ1) is 21.1. The first-order valence-electron chi connectivity index (χ1n) is 10.9. The van der Waals surface area contributed by atoms with Gasteiger partial charge in [0, 0.05) is 16.7 Å². The molecule has 7 heteroatoms. The highest BCUT2D eigenvalue weighted by Crippen LogP contribution is 2.64. The van der Waals surface area contributed by atoms with Gasteiger partial charge in [0.1, 0.15) is 5.78 Å². The summed E-state index contributed by atoms with van der Waals surface area (Å²) < 4.78 is 31.0. The lowest BCUT2D eigenvalue weighted by atomic mass is 9.49. The van der Waals surface area contributed by atoms with Gasteiger partial charge in [0.15, 0.2) is 0 Å². The molecule has 0 aliphatic heterocycles. The first-order chi connectivity index (χ1) is 13.0. The van der Waals surface area contributed by atoms with Crippen molar-refractivity contribution < 1.29 is 22.9 Å². The van der Waals surface area contributed by atoms with E-state index in [-0.39, 0.29) is 22.9 Å². The molecular weight excluding hydrogens is 396 g/mol. The van der Waals surface area contributed by atoms with Crippen LogP contribution in [-0.4, -0.2) is 35.2 Å². The molecule has 0 bridgehead atoms. The fourth-order valence-corrected chi connectivity index (χ4v) is 9.11. The summed E-state index contributed by atoms with van der Waals surface area (Å²) in [6, 6.07) is 0. The number of Topliss-reactive ketones (excluding diaryl/α,β-unsaturated/α-hetero) is 1. The van der Waals surface area contributed by atoms with Gasteiger partial charge < -0.3 is 5.11 Å². The standard InChI is InChI=1S/C21H34O5S2/c1-20(23)9-7-14-13(11-20)3-4-16-15(14)8-10-21(2)17(16)5-6-18(21)19(22)12-27-28(24,25)26/h13-18,23H,3-12H2,1-2H3,(H,24,25,26)/t13-,14-,15+,16+,17-,18+,20+,21-/m0/s1. The van der Waals surface area contributed by atoms with Crippen molar-refractivity contribution in [3.63, 3.8) is 0 Å². The maximum Gasteiger partial charge on any atom is 0.320 e. The minimum Gasteiger partial charge on any atom is -0.390 e. The van der Waals surface area contributed by atoms with Gasteiger partial charge in [-0.1, -0.05) is 6.92 Å². The van der Waals surface area contributed by atoms with E-state index in [9.17, 15) is 18.3 Å². The summed E-state index contributed by atoms with van der Waals surface area (Å²) in [5, 5.41) is 10.5. The zero-order valence-electron chi connectivity index (χ0n) is 17.0.